The lowest BCUT2D eigenvalue weighted by Crippen LogP contribution is -2.40. The summed E-state index contributed by atoms with van der Waals surface area (Å²) < 4.78 is 0. The van der Waals surface area contributed by atoms with E-state index in [1.165, 1.54) is 0 Å². The van der Waals surface area contributed by atoms with E-state index >= 15 is 0 Å². The number of hydrogen-bond donors (Lipinski definition) is 2. The normalized spacial score (nSPS) is 11.4. The minimum Gasteiger partial charge on any atom is -0.348 e. The van der Waals surface area contributed by atoms with Crippen LogP contribution in [0.1, 0.15) is 60.2 Å². The summed E-state index contributed by atoms with van der Waals surface area (Å²) in [4.78, 5) is 23.6. The van der Waals surface area contributed by atoms with Gasteiger partial charge in [-0.15, -0.1) is 12.4 Å². The first-order valence-electron chi connectivity index (χ1n) is 7.26. The van der Waals surface area contributed by atoms with Gasteiger partial charge in [-0.1, -0.05) is 38.8 Å². The second-order valence-corrected chi connectivity index (χ2v) is 4.90. The maximum atomic E-state index is 12.1. The summed E-state index contributed by atoms with van der Waals surface area (Å²) in [5.41, 5.74) is 6.87. The predicted octanol–water partition coefficient (Wildman–Crippen LogP) is 2.95. The number of carbonyl (C=O) groups excluding carboxylic acids is 2. The number of rotatable bonds is 8. The number of carbonyl (C=O) groups is 2. The van der Waals surface area contributed by atoms with Crippen LogP contribution in [0.4, 0.5) is 0 Å². The van der Waals surface area contributed by atoms with Crippen molar-refractivity contribution in [3.8, 4) is 0 Å². The first kappa shape index (κ1) is 19.6. The van der Waals surface area contributed by atoms with Gasteiger partial charge in [0.15, 0.2) is 5.78 Å². The fraction of sp³-hybridized carbons (Fsp3) is 0.500. The first-order chi connectivity index (χ1) is 9.62. The van der Waals surface area contributed by atoms with Gasteiger partial charge < -0.3 is 11.1 Å². The monoisotopic (exact) mass is 312 g/mol. The lowest BCUT2D eigenvalue weighted by Gasteiger charge is -2.16. The zero-order valence-electron chi connectivity index (χ0n) is 12.7. The molecule has 0 heterocycles. The SMILES string of the molecule is CCCCC(CN)NC(=O)c1ccc(C(=O)CC)cc1.Cl. The Hall–Kier alpha value is -1.39. The smallest absolute Gasteiger partial charge is 0.251 e. The zero-order valence-corrected chi connectivity index (χ0v) is 13.5. The first-order valence-corrected chi connectivity index (χ1v) is 7.26. The third kappa shape index (κ3) is 6.27. The molecule has 21 heavy (non-hydrogen) atoms. The van der Waals surface area contributed by atoms with Crippen LogP contribution < -0.4 is 11.1 Å². The molecule has 1 aromatic rings. The summed E-state index contributed by atoms with van der Waals surface area (Å²) >= 11 is 0. The average molecular weight is 313 g/mol. The summed E-state index contributed by atoms with van der Waals surface area (Å²) in [6.07, 6.45) is 3.50. The van der Waals surface area contributed by atoms with E-state index in [0.717, 1.165) is 19.3 Å². The molecule has 1 rings (SSSR count). The van der Waals surface area contributed by atoms with Crippen LogP contribution in [0.5, 0.6) is 0 Å². The third-order valence-electron chi connectivity index (χ3n) is 3.32. The molecule has 1 unspecified atom stereocenters. The molecular weight excluding hydrogens is 288 g/mol. The van der Waals surface area contributed by atoms with Crippen molar-refractivity contribution in [1.29, 1.82) is 0 Å². The highest BCUT2D eigenvalue weighted by Crippen LogP contribution is 2.08. The lowest BCUT2D eigenvalue weighted by atomic mass is 10.1. The quantitative estimate of drug-likeness (QED) is 0.725. The van der Waals surface area contributed by atoms with Crippen LogP contribution in [0.25, 0.3) is 0 Å². The second-order valence-electron chi connectivity index (χ2n) is 4.90. The molecule has 1 atom stereocenters. The van der Waals surface area contributed by atoms with Crippen LogP contribution in [-0.4, -0.2) is 24.3 Å². The number of nitrogens with one attached hydrogen (secondary N) is 1. The number of benzene rings is 1. The summed E-state index contributed by atoms with van der Waals surface area (Å²) in [5.74, 6) is -0.0493. The van der Waals surface area contributed by atoms with Gasteiger partial charge in [0.25, 0.3) is 5.91 Å². The molecule has 5 heteroatoms. The van der Waals surface area contributed by atoms with E-state index in [9.17, 15) is 9.59 Å². The number of hydrogen-bond acceptors (Lipinski definition) is 3. The van der Waals surface area contributed by atoms with E-state index in [1.807, 2.05) is 6.92 Å². The van der Waals surface area contributed by atoms with E-state index in [2.05, 4.69) is 12.2 Å². The highest BCUT2D eigenvalue weighted by Gasteiger charge is 2.12. The van der Waals surface area contributed by atoms with Gasteiger partial charge in [-0.05, 0) is 18.6 Å². The minimum atomic E-state index is -0.132. The van der Waals surface area contributed by atoms with E-state index in [-0.39, 0.29) is 30.1 Å². The molecule has 0 radical (unpaired) electrons. The Bertz CT molecular complexity index is 446. The van der Waals surface area contributed by atoms with Crippen molar-refractivity contribution in [2.45, 2.75) is 45.6 Å². The summed E-state index contributed by atoms with van der Waals surface area (Å²) in [7, 11) is 0. The van der Waals surface area contributed by atoms with Crippen molar-refractivity contribution in [1.82, 2.24) is 5.32 Å². The Morgan fingerprint density at radius 1 is 1.14 bits per heavy atom. The van der Waals surface area contributed by atoms with Crippen molar-refractivity contribution < 1.29 is 9.59 Å². The summed E-state index contributed by atoms with van der Waals surface area (Å²) in [6, 6.07) is 6.78. The second kappa shape index (κ2) is 10.4. The zero-order chi connectivity index (χ0) is 15.0. The minimum absolute atomic E-state index is 0. The van der Waals surface area contributed by atoms with E-state index < -0.39 is 0 Å². The van der Waals surface area contributed by atoms with Crippen LogP contribution in [0.15, 0.2) is 24.3 Å². The molecule has 0 bridgehead atoms. The van der Waals surface area contributed by atoms with Crippen LogP contribution in [0, 0.1) is 0 Å². The molecule has 3 N–H and O–H groups in total. The van der Waals surface area contributed by atoms with Crippen LogP contribution in [0.3, 0.4) is 0 Å². The van der Waals surface area contributed by atoms with Gasteiger partial charge >= 0.3 is 0 Å². The molecule has 1 amide bonds. The molecule has 0 saturated heterocycles. The van der Waals surface area contributed by atoms with Gasteiger partial charge in [0.1, 0.15) is 0 Å². The fourth-order valence-corrected chi connectivity index (χ4v) is 1.98. The Morgan fingerprint density at radius 2 is 1.71 bits per heavy atom. The highest BCUT2D eigenvalue weighted by molar-refractivity contribution is 5.98. The van der Waals surface area contributed by atoms with Gasteiger partial charge in [-0.3, -0.25) is 9.59 Å². The maximum absolute atomic E-state index is 12.1. The Labute approximate surface area is 132 Å². The largest absolute Gasteiger partial charge is 0.348 e. The number of ketones is 1. The van der Waals surface area contributed by atoms with Crippen LogP contribution in [-0.2, 0) is 0 Å². The fourth-order valence-electron chi connectivity index (χ4n) is 1.98. The molecule has 4 nitrogen and oxygen atoms in total. The molecule has 0 spiro atoms. The van der Waals surface area contributed by atoms with E-state index in [4.69, 9.17) is 5.73 Å². The Balaban J connectivity index is 0.00000400. The lowest BCUT2D eigenvalue weighted by molar-refractivity contribution is 0.0933. The average Bonchev–Trinajstić information content (AvgIpc) is 2.50. The van der Waals surface area contributed by atoms with E-state index in [0.29, 0.717) is 24.1 Å². The van der Waals surface area contributed by atoms with Crippen molar-refractivity contribution >= 4 is 24.1 Å². The molecular formula is C16H25ClN2O2. The Kier molecular flexibility index (Phi) is 9.67. The number of nitrogens with two attached hydrogens (primary N) is 1. The molecule has 0 aliphatic rings. The number of amides is 1. The standard InChI is InChI=1S/C16H24N2O2.ClH/c1-3-5-6-14(11-17)18-16(20)13-9-7-12(8-10-13)15(19)4-2;/h7-10,14H,3-6,11,17H2,1-2H3,(H,18,20);1H. The predicted molar refractivity (Wildman–Crippen MR) is 88.1 cm³/mol. The molecule has 0 fully saturated rings. The Morgan fingerprint density at radius 3 is 2.19 bits per heavy atom. The van der Waals surface area contributed by atoms with Crippen molar-refractivity contribution in [3.05, 3.63) is 35.4 Å². The van der Waals surface area contributed by atoms with Crippen LogP contribution >= 0.6 is 12.4 Å². The number of halogens is 1. The number of Topliss-reactive ketones (excluding diaryl/α,β-unsaturated/α-hetero) is 1. The van der Waals surface area contributed by atoms with Gasteiger partial charge in [-0.2, -0.15) is 0 Å². The third-order valence-corrected chi connectivity index (χ3v) is 3.32. The highest BCUT2D eigenvalue weighted by atomic mass is 35.5. The maximum Gasteiger partial charge on any atom is 0.251 e. The van der Waals surface area contributed by atoms with Crippen molar-refractivity contribution in [3.63, 3.8) is 0 Å². The molecule has 0 saturated carbocycles. The summed E-state index contributed by atoms with van der Waals surface area (Å²) in [5, 5.41) is 2.93. The molecule has 0 aromatic heterocycles. The van der Waals surface area contributed by atoms with Crippen LogP contribution in [0.2, 0.25) is 0 Å². The van der Waals surface area contributed by atoms with Gasteiger partial charge in [0, 0.05) is 30.1 Å². The van der Waals surface area contributed by atoms with Crippen molar-refractivity contribution in [2.24, 2.45) is 5.73 Å². The van der Waals surface area contributed by atoms with E-state index in [1.54, 1.807) is 24.3 Å². The number of unbranched alkanes of at least 4 members (excludes halogenated alkanes) is 1. The molecule has 118 valence electrons. The molecule has 0 aliphatic heterocycles. The van der Waals surface area contributed by atoms with Gasteiger partial charge in [0.05, 0.1) is 0 Å². The van der Waals surface area contributed by atoms with Gasteiger partial charge in [0.2, 0.25) is 0 Å². The van der Waals surface area contributed by atoms with Crippen molar-refractivity contribution in [2.75, 3.05) is 6.54 Å². The topological polar surface area (TPSA) is 72.2 Å². The molecule has 1 aromatic carbocycles. The summed E-state index contributed by atoms with van der Waals surface area (Å²) in [6.45, 7) is 4.37. The van der Waals surface area contributed by atoms with Gasteiger partial charge in [-0.25, -0.2) is 0 Å². The molecule has 0 aliphatic carbocycles.